The number of hydrogen-bond acceptors (Lipinski definition) is 2. The highest BCUT2D eigenvalue weighted by Crippen LogP contribution is 2.36. The SMILES string of the molecule is C=CCCCCCNC(=O)C1CC(C)CC1C(=O)O. The van der Waals surface area contributed by atoms with Crippen LogP contribution >= 0.6 is 0 Å². The Labute approximate surface area is 115 Å². The number of allylic oxidation sites excluding steroid dienone is 1. The lowest BCUT2D eigenvalue weighted by Crippen LogP contribution is -2.35. The van der Waals surface area contributed by atoms with Crippen LogP contribution in [0.3, 0.4) is 0 Å². The van der Waals surface area contributed by atoms with Crippen molar-refractivity contribution in [3.8, 4) is 0 Å². The van der Waals surface area contributed by atoms with Crippen molar-refractivity contribution in [3.05, 3.63) is 12.7 Å². The minimum atomic E-state index is -0.838. The summed E-state index contributed by atoms with van der Waals surface area (Å²) in [5, 5.41) is 12.0. The van der Waals surface area contributed by atoms with Crippen LogP contribution in [0, 0.1) is 17.8 Å². The number of unbranched alkanes of at least 4 members (excludes halogenated alkanes) is 3. The maximum absolute atomic E-state index is 12.0. The molecule has 4 nitrogen and oxygen atoms in total. The number of aliphatic carboxylic acids is 1. The quantitative estimate of drug-likeness (QED) is 0.525. The fourth-order valence-corrected chi connectivity index (χ4v) is 2.79. The average Bonchev–Trinajstić information content (AvgIpc) is 2.76. The largest absolute Gasteiger partial charge is 0.481 e. The van der Waals surface area contributed by atoms with E-state index >= 15 is 0 Å². The summed E-state index contributed by atoms with van der Waals surface area (Å²) in [6.07, 6.45) is 7.32. The van der Waals surface area contributed by atoms with Crippen molar-refractivity contribution in [1.29, 1.82) is 0 Å². The van der Waals surface area contributed by atoms with Crippen LogP contribution in [-0.2, 0) is 9.59 Å². The lowest BCUT2D eigenvalue weighted by molar-refractivity contribution is -0.146. The second-order valence-electron chi connectivity index (χ2n) is 5.56. The summed E-state index contributed by atoms with van der Waals surface area (Å²) in [7, 11) is 0. The third-order valence-electron chi connectivity index (χ3n) is 3.84. The number of hydrogen-bond donors (Lipinski definition) is 2. The molecule has 0 saturated heterocycles. The third-order valence-corrected chi connectivity index (χ3v) is 3.84. The van der Waals surface area contributed by atoms with Crippen LogP contribution in [0.4, 0.5) is 0 Å². The predicted molar refractivity (Wildman–Crippen MR) is 74.7 cm³/mol. The van der Waals surface area contributed by atoms with Gasteiger partial charge in [0, 0.05) is 6.54 Å². The number of carboxylic acids is 1. The van der Waals surface area contributed by atoms with Gasteiger partial charge >= 0.3 is 5.97 Å². The molecule has 1 fully saturated rings. The highest BCUT2D eigenvalue weighted by atomic mass is 16.4. The number of nitrogens with one attached hydrogen (secondary N) is 1. The van der Waals surface area contributed by atoms with E-state index in [-0.39, 0.29) is 11.8 Å². The van der Waals surface area contributed by atoms with Gasteiger partial charge in [0.15, 0.2) is 0 Å². The van der Waals surface area contributed by atoms with Gasteiger partial charge in [-0.05, 0) is 38.0 Å². The monoisotopic (exact) mass is 267 g/mol. The van der Waals surface area contributed by atoms with Crippen LogP contribution in [-0.4, -0.2) is 23.5 Å². The highest BCUT2D eigenvalue weighted by molar-refractivity contribution is 5.85. The molecule has 3 unspecified atom stereocenters. The Hall–Kier alpha value is -1.32. The lowest BCUT2D eigenvalue weighted by atomic mass is 9.95. The molecule has 0 bridgehead atoms. The molecule has 1 aliphatic rings. The Morgan fingerprint density at radius 3 is 2.58 bits per heavy atom. The van der Waals surface area contributed by atoms with E-state index in [2.05, 4.69) is 11.9 Å². The van der Waals surface area contributed by atoms with E-state index in [0.29, 0.717) is 25.3 Å². The van der Waals surface area contributed by atoms with Crippen molar-refractivity contribution in [2.45, 2.75) is 45.4 Å². The molecule has 0 aromatic rings. The topological polar surface area (TPSA) is 66.4 Å². The molecule has 0 aromatic carbocycles. The molecule has 108 valence electrons. The van der Waals surface area contributed by atoms with Gasteiger partial charge in [-0.25, -0.2) is 0 Å². The molecule has 1 saturated carbocycles. The zero-order valence-corrected chi connectivity index (χ0v) is 11.7. The fraction of sp³-hybridized carbons (Fsp3) is 0.733. The van der Waals surface area contributed by atoms with Gasteiger partial charge in [-0.1, -0.05) is 19.4 Å². The molecule has 4 heteroatoms. The molecule has 3 atom stereocenters. The van der Waals surface area contributed by atoms with Crippen molar-refractivity contribution < 1.29 is 14.7 Å². The van der Waals surface area contributed by atoms with Crippen LogP contribution in [0.1, 0.15) is 45.4 Å². The second-order valence-corrected chi connectivity index (χ2v) is 5.56. The van der Waals surface area contributed by atoms with Gasteiger partial charge in [0.2, 0.25) is 5.91 Å². The third kappa shape index (κ3) is 5.05. The maximum Gasteiger partial charge on any atom is 0.307 e. The molecule has 1 aliphatic carbocycles. The summed E-state index contributed by atoms with van der Waals surface area (Å²) in [6.45, 7) is 6.32. The molecule has 2 N–H and O–H groups in total. The van der Waals surface area contributed by atoms with E-state index in [1.165, 1.54) is 0 Å². The first-order valence-electron chi connectivity index (χ1n) is 7.17. The van der Waals surface area contributed by atoms with Crippen molar-refractivity contribution in [1.82, 2.24) is 5.32 Å². The molecule has 0 aromatic heterocycles. The minimum Gasteiger partial charge on any atom is -0.481 e. The van der Waals surface area contributed by atoms with E-state index in [1.807, 2.05) is 13.0 Å². The van der Waals surface area contributed by atoms with Crippen LogP contribution in [0.25, 0.3) is 0 Å². The molecule has 1 amide bonds. The first-order chi connectivity index (χ1) is 9.06. The Bertz CT molecular complexity index is 327. The minimum absolute atomic E-state index is 0.0829. The van der Waals surface area contributed by atoms with Crippen LogP contribution in [0.5, 0.6) is 0 Å². The van der Waals surface area contributed by atoms with Crippen molar-refractivity contribution in [3.63, 3.8) is 0 Å². The van der Waals surface area contributed by atoms with Gasteiger partial charge in [-0.3, -0.25) is 9.59 Å². The van der Waals surface area contributed by atoms with Gasteiger partial charge < -0.3 is 10.4 Å². The highest BCUT2D eigenvalue weighted by Gasteiger charge is 2.40. The van der Waals surface area contributed by atoms with Crippen molar-refractivity contribution >= 4 is 11.9 Å². The number of amides is 1. The lowest BCUT2D eigenvalue weighted by Gasteiger charge is -2.15. The number of carbonyl (C=O) groups is 2. The zero-order valence-electron chi connectivity index (χ0n) is 11.7. The first kappa shape index (κ1) is 15.7. The molecule has 0 radical (unpaired) electrons. The summed E-state index contributed by atoms with van der Waals surface area (Å²) in [5.41, 5.74) is 0. The zero-order chi connectivity index (χ0) is 14.3. The van der Waals surface area contributed by atoms with Gasteiger partial charge in [-0.2, -0.15) is 0 Å². The second kappa shape index (κ2) is 7.97. The van der Waals surface area contributed by atoms with Gasteiger partial charge in [0.25, 0.3) is 0 Å². The van der Waals surface area contributed by atoms with E-state index < -0.39 is 11.9 Å². The Morgan fingerprint density at radius 2 is 1.95 bits per heavy atom. The van der Waals surface area contributed by atoms with E-state index in [9.17, 15) is 9.59 Å². The molecular weight excluding hydrogens is 242 g/mol. The van der Waals surface area contributed by atoms with Crippen LogP contribution < -0.4 is 5.32 Å². The van der Waals surface area contributed by atoms with Crippen LogP contribution in [0.15, 0.2) is 12.7 Å². The number of rotatable bonds is 8. The summed E-state index contributed by atoms with van der Waals surface area (Å²) >= 11 is 0. The maximum atomic E-state index is 12.0. The smallest absolute Gasteiger partial charge is 0.307 e. The molecular formula is C15H25NO3. The fourth-order valence-electron chi connectivity index (χ4n) is 2.79. The normalized spacial score (nSPS) is 26.1. The summed E-state index contributed by atoms with van der Waals surface area (Å²) in [5.74, 6) is -1.45. The molecule has 1 rings (SSSR count). The van der Waals surface area contributed by atoms with Crippen molar-refractivity contribution in [2.24, 2.45) is 17.8 Å². The van der Waals surface area contributed by atoms with E-state index in [1.54, 1.807) is 0 Å². The molecule has 0 heterocycles. The van der Waals surface area contributed by atoms with Gasteiger partial charge in [0.1, 0.15) is 0 Å². The summed E-state index contributed by atoms with van der Waals surface area (Å²) in [6, 6.07) is 0. The Morgan fingerprint density at radius 1 is 1.26 bits per heavy atom. The van der Waals surface area contributed by atoms with Crippen molar-refractivity contribution in [2.75, 3.05) is 6.54 Å². The van der Waals surface area contributed by atoms with E-state index in [4.69, 9.17) is 5.11 Å². The average molecular weight is 267 g/mol. The van der Waals surface area contributed by atoms with Crippen LogP contribution in [0.2, 0.25) is 0 Å². The first-order valence-corrected chi connectivity index (χ1v) is 7.17. The number of carbonyl (C=O) groups excluding carboxylic acids is 1. The molecule has 19 heavy (non-hydrogen) atoms. The number of carboxylic acid groups (broad SMARTS) is 1. The standard InChI is InChI=1S/C15H25NO3/c1-3-4-5-6-7-8-16-14(17)12-9-11(2)10-13(12)15(18)19/h3,11-13H,1,4-10H2,2H3,(H,16,17)(H,18,19). The van der Waals surface area contributed by atoms with E-state index in [0.717, 1.165) is 25.7 Å². The molecule has 0 spiro atoms. The van der Waals surface area contributed by atoms with Gasteiger partial charge in [0.05, 0.1) is 11.8 Å². The Kier molecular flexibility index (Phi) is 6.60. The predicted octanol–water partition coefficient (Wildman–Crippen LogP) is 2.60. The summed E-state index contributed by atoms with van der Waals surface area (Å²) in [4.78, 5) is 23.1. The Balaban J connectivity index is 2.28. The van der Waals surface area contributed by atoms with Gasteiger partial charge in [-0.15, -0.1) is 6.58 Å². The summed E-state index contributed by atoms with van der Waals surface area (Å²) < 4.78 is 0. The molecule has 0 aliphatic heterocycles.